The highest BCUT2D eigenvalue weighted by Crippen LogP contribution is 2.09. The summed E-state index contributed by atoms with van der Waals surface area (Å²) in [6.45, 7) is 0.647. The quantitative estimate of drug-likeness (QED) is 0.922. The van der Waals surface area contributed by atoms with Crippen LogP contribution >= 0.6 is 23.2 Å². The van der Waals surface area contributed by atoms with Gasteiger partial charge in [0.05, 0.1) is 0 Å². The molecular weight excluding hydrogens is 261 g/mol. The zero-order valence-electron chi connectivity index (χ0n) is 8.77. The van der Waals surface area contributed by atoms with Gasteiger partial charge in [-0.3, -0.25) is 4.98 Å². The van der Waals surface area contributed by atoms with Crippen molar-refractivity contribution in [2.75, 3.05) is 11.9 Å². The summed E-state index contributed by atoms with van der Waals surface area (Å²) in [5.74, 6) is 0.367. The van der Waals surface area contributed by atoms with Crippen molar-refractivity contribution in [1.82, 2.24) is 19.9 Å². The lowest BCUT2D eigenvalue weighted by molar-refractivity contribution is 0.931. The fourth-order valence-electron chi connectivity index (χ4n) is 1.25. The summed E-state index contributed by atoms with van der Waals surface area (Å²) < 4.78 is 0. The van der Waals surface area contributed by atoms with E-state index >= 15 is 0 Å². The van der Waals surface area contributed by atoms with Crippen molar-refractivity contribution in [2.45, 2.75) is 6.42 Å². The normalized spacial score (nSPS) is 10.2. The van der Waals surface area contributed by atoms with Crippen LogP contribution in [0.1, 0.15) is 5.69 Å². The number of nitrogens with zero attached hydrogens (tertiary/aromatic N) is 4. The van der Waals surface area contributed by atoms with E-state index in [-0.39, 0.29) is 10.6 Å². The van der Waals surface area contributed by atoms with E-state index in [1.807, 2.05) is 18.2 Å². The lowest BCUT2D eigenvalue weighted by atomic mass is 10.3. The van der Waals surface area contributed by atoms with Crippen LogP contribution in [0, 0.1) is 0 Å². The minimum atomic E-state index is 0.0744. The second kappa shape index (κ2) is 5.75. The zero-order chi connectivity index (χ0) is 12.1. The number of aromatic nitrogens is 4. The lowest BCUT2D eigenvalue weighted by Gasteiger charge is -2.04. The molecule has 0 unspecified atom stereocenters. The molecule has 2 aromatic heterocycles. The van der Waals surface area contributed by atoms with E-state index in [9.17, 15) is 0 Å². The summed E-state index contributed by atoms with van der Waals surface area (Å²) >= 11 is 11.3. The SMILES string of the molecule is Clc1nc(Cl)nc(NCCc2ccccn2)n1. The van der Waals surface area contributed by atoms with E-state index in [0.717, 1.165) is 12.1 Å². The molecule has 0 radical (unpaired) electrons. The van der Waals surface area contributed by atoms with Crippen LogP contribution in [0.2, 0.25) is 10.6 Å². The fourth-order valence-corrected chi connectivity index (χ4v) is 1.62. The Bertz CT molecular complexity index is 471. The molecule has 17 heavy (non-hydrogen) atoms. The van der Waals surface area contributed by atoms with Gasteiger partial charge in [-0.05, 0) is 35.3 Å². The number of hydrogen-bond acceptors (Lipinski definition) is 5. The molecule has 0 spiro atoms. The smallest absolute Gasteiger partial charge is 0.228 e. The van der Waals surface area contributed by atoms with E-state index in [1.165, 1.54) is 0 Å². The number of nitrogens with one attached hydrogen (secondary N) is 1. The van der Waals surface area contributed by atoms with E-state index in [1.54, 1.807) is 6.20 Å². The molecule has 0 saturated heterocycles. The van der Waals surface area contributed by atoms with Crippen LogP contribution in [0.25, 0.3) is 0 Å². The minimum absolute atomic E-state index is 0.0744. The van der Waals surface area contributed by atoms with Crippen LogP contribution in [0.15, 0.2) is 24.4 Å². The van der Waals surface area contributed by atoms with E-state index in [0.29, 0.717) is 12.5 Å². The first kappa shape index (κ1) is 12.0. The average Bonchev–Trinajstić information content (AvgIpc) is 2.29. The van der Waals surface area contributed by atoms with Gasteiger partial charge in [0, 0.05) is 24.9 Å². The second-order valence-electron chi connectivity index (χ2n) is 3.19. The molecule has 0 atom stereocenters. The van der Waals surface area contributed by atoms with Crippen LogP contribution in [0.5, 0.6) is 0 Å². The number of hydrogen-bond donors (Lipinski definition) is 1. The van der Waals surface area contributed by atoms with Crippen molar-refractivity contribution in [1.29, 1.82) is 0 Å². The van der Waals surface area contributed by atoms with Crippen molar-refractivity contribution in [3.63, 3.8) is 0 Å². The Hall–Kier alpha value is -1.46. The Labute approximate surface area is 108 Å². The van der Waals surface area contributed by atoms with Crippen LogP contribution in [0.4, 0.5) is 5.95 Å². The van der Waals surface area contributed by atoms with Crippen LogP contribution < -0.4 is 5.32 Å². The van der Waals surface area contributed by atoms with Gasteiger partial charge in [-0.15, -0.1) is 0 Å². The van der Waals surface area contributed by atoms with Gasteiger partial charge in [0.15, 0.2) is 0 Å². The standard InChI is InChI=1S/C10H9Cl2N5/c11-8-15-9(12)17-10(16-8)14-6-4-7-3-1-2-5-13-7/h1-3,5H,4,6H2,(H,14,15,16,17). The molecule has 0 amide bonds. The molecule has 0 aromatic carbocycles. The molecule has 5 nitrogen and oxygen atoms in total. The molecule has 88 valence electrons. The third-order valence-corrected chi connectivity index (χ3v) is 2.31. The third-order valence-electron chi connectivity index (χ3n) is 1.97. The number of anilines is 1. The molecule has 1 N–H and O–H groups in total. The number of pyridine rings is 1. The molecule has 0 saturated carbocycles. The van der Waals surface area contributed by atoms with Crippen molar-refractivity contribution in [3.8, 4) is 0 Å². The van der Waals surface area contributed by atoms with Gasteiger partial charge in [-0.25, -0.2) is 0 Å². The maximum absolute atomic E-state index is 5.65. The van der Waals surface area contributed by atoms with Gasteiger partial charge in [0.1, 0.15) is 0 Å². The molecule has 2 aromatic rings. The molecule has 2 rings (SSSR count). The Balaban J connectivity index is 1.90. The highest BCUT2D eigenvalue weighted by Gasteiger charge is 2.02. The van der Waals surface area contributed by atoms with Gasteiger partial charge in [-0.1, -0.05) is 6.07 Å². The first-order chi connectivity index (χ1) is 8.24. The van der Waals surface area contributed by atoms with Crippen LogP contribution in [-0.4, -0.2) is 26.5 Å². The van der Waals surface area contributed by atoms with Crippen LogP contribution in [-0.2, 0) is 6.42 Å². The zero-order valence-corrected chi connectivity index (χ0v) is 10.3. The highest BCUT2D eigenvalue weighted by atomic mass is 35.5. The van der Waals surface area contributed by atoms with E-state index < -0.39 is 0 Å². The Morgan fingerprint density at radius 2 is 1.82 bits per heavy atom. The monoisotopic (exact) mass is 269 g/mol. The topological polar surface area (TPSA) is 63.6 Å². The van der Waals surface area contributed by atoms with Crippen molar-refractivity contribution in [2.24, 2.45) is 0 Å². The largest absolute Gasteiger partial charge is 0.354 e. The van der Waals surface area contributed by atoms with Gasteiger partial charge < -0.3 is 5.32 Å². The maximum atomic E-state index is 5.65. The summed E-state index contributed by atoms with van der Waals surface area (Å²) in [7, 11) is 0. The summed E-state index contributed by atoms with van der Waals surface area (Å²) in [6.07, 6.45) is 2.52. The minimum Gasteiger partial charge on any atom is -0.354 e. The third kappa shape index (κ3) is 3.80. The summed E-state index contributed by atoms with van der Waals surface area (Å²) in [6, 6.07) is 5.77. The number of halogens is 2. The predicted molar refractivity (Wildman–Crippen MR) is 66.3 cm³/mol. The molecule has 0 fully saturated rings. The van der Waals surface area contributed by atoms with Crippen LogP contribution in [0.3, 0.4) is 0 Å². The number of rotatable bonds is 4. The van der Waals surface area contributed by atoms with Gasteiger partial charge in [-0.2, -0.15) is 15.0 Å². The van der Waals surface area contributed by atoms with E-state index in [4.69, 9.17) is 23.2 Å². The van der Waals surface area contributed by atoms with Crippen molar-refractivity contribution in [3.05, 3.63) is 40.7 Å². The van der Waals surface area contributed by atoms with Gasteiger partial charge in [0.25, 0.3) is 0 Å². The summed E-state index contributed by atoms with van der Waals surface area (Å²) in [4.78, 5) is 15.6. The lowest BCUT2D eigenvalue weighted by Crippen LogP contribution is -2.09. The van der Waals surface area contributed by atoms with E-state index in [2.05, 4.69) is 25.3 Å². The summed E-state index contributed by atoms with van der Waals surface area (Å²) in [5.41, 5.74) is 0.992. The van der Waals surface area contributed by atoms with Crippen molar-refractivity contribution < 1.29 is 0 Å². The van der Waals surface area contributed by atoms with Gasteiger partial charge >= 0.3 is 0 Å². The van der Waals surface area contributed by atoms with Gasteiger partial charge in [0.2, 0.25) is 16.5 Å². The fraction of sp³-hybridized carbons (Fsp3) is 0.200. The average molecular weight is 270 g/mol. The highest BCUT2D eigenvalue weighted by molar-refractivity contribution is 6.31. The first-order valence-electron chi connectivity index (χ1n) is 4.95. The predicted octanol–water partition coefficient (Wildman–Crippen LogP) is 2.23. The Morgan fingerprint density at radius 3 is 2.47 bits per heavy atom. The summed E-state index contributed by atoms with van der Waals surface area (Å²) in [5, 5.41) is 3.15. The molecule has 2 heterocycles. The second-order valence-corrected chi connectivity index (χ2v) is 3.87. The molecule has 0 aliphatic heterocycles. The molecule has 0 bridgehead atoms. The molecular formula is C10H9Cl2N5. The molecule has 0 aliphatic carbocycles. The van der Waals surface area contributed by atoms with Crippen molar-refractivity contribution >= 4 is 29.2 Å². The Morgan fingerprint density at radius 1 is 1.06 bits per heavy atom. The first-order valence-corrected chi connectivity index (χ1v) is 5.70. The maximum Gasteiger partial charge on any atom is 0.228 e. The molecule has 0 aliphatic rings. The Kier molecular flexibility index (Phi) is 4.06. The molecule has 7 heteroatoms.